The van der Waals surface area contributed by atoms with Gasteiger partial charge in [0.1, 0.15) is 11.6 Å². The summed E-state index contributed by atoms with van der Waals surface area (Å²) in [4.78, 5) is 21.1. The Morgan fingerprint density at radius 3 is 2.53 bits per heavy atom. The van der Waals surface area contributed by atoms with Gasteiger partial charge in [-0.15, -0.1) is 0 Å². The molecule has 0 amide bonds. The van der Waals surface area contributed by atoms with Crippen molar-refractivity contribution in [3.05, 3.63) is 70.7 Å². The summed E-state index contributed by atoms with van der Waals surface area (Å²) in [6, 6.07) is 7.20. The molecule has 3 aromatic rings. The molecule has 244 valence electrons. The highest BCUT2D eigenvalue weighted by Gasteiger charge is 2.37. The highest BCUT2D eigenvalue weighted by atomic mass is 19.2. The van der Waals surface area contributed by atoms with Gasteiger partial charge in [-0.25, -0.2) is 13.2 Å². The maximum atomic E-state index is 14.1. The Bertz CT molecular complexity index is 1480. The Morgan fingerprint density at radius 1 is 1.07 bits per heavy atom. The minimum absolute atomic E-state index is 0.00684. The monoisotopic (exact) mass is 629 g/mol. The van der Waals surface area contributed by atoms with Gasteiger partial charge in [-0.3, -0.25) is 14.7 Å². The van der Waals surface area contributed by atoms with Crippen molar-refractivity contribution in [3.8, 4) is 5.75 Å². The summed E-state index contributed by atoms with van der Waals surface area (Å²) >= 11 is 0. The number of aliphatic hydroxyl groups excluding tert-OH is 1. The molecule has 1 atom stereocenters. The minimum Gasteiger partial charge on any atom is -0.497 e. The summed E-state index contributed by atoms with van der Waals surface area (Å²) in [5.74, 6) is -3.19. The van der Waals surface area contributed by atoms with E-state index in [4.69, 9.17) is 9.47 Å². The van der Waals surface area contributed by atoms with Gasteiger partial charge in [0.2, 0.25) is 0 Å². The fourth-order valence-corrected chi connectivity index (χ4v) is 6.84. The summed E-state index contributed by atoms with van der Waals surface area (Å²) in [6.45, 7) is 5.43. The van der Waals surface area contributed by atoms with Gasteiger partial charge in [0.15, 0.2) is 11.6 Å². The van der Waals surface area contributed by atoms with E-state index in [9.17, 15) is 28.2 Å². The van der Waals surface area contributed by atoms with Crippen molar-refractivity contribution in [3.63, 3.8) is 0 Å². The molecule has 8 nitrogen and oxygen atoms in total. The average molecular weight is 630 g/mol. The quantitative estimate of drug-likeness (QED) is 0.240. The summed E-state index contributed by atoms with van der Waals surface area (Å²) in [5, 5.41) is 22.4. The van der Waals surface area contributed by atoms with E-state index < -0.39 is 34.9 Å². The van der Waals surface area contributed by atoms with Crippen LogP contribution in [0.1, 0.15) is 61.3 Å². The van der Waals surface area contributed by atoms with Crippen molar-refractivity contribution in [2.24, 2.45) is 5.41 Å². The standard InChI is InChI=1S/C34H42F3N3O5/c1-44-26-4-5-29-27(19-26)32(24(21-38-29)22-40-13-15-45-16-14-40)30(41)6-7-34(20-31(42)43)8-11-39(12-9-34)10-2-3-23-17-25(35)18-28(36)33(23)37/h4-5,17-19,21,30,41H,2-3,6-16,20,22H2,1H3,(H,42,43)/t30-/m1/s1. The lowest BCUT2D eigenvalue weighted by Crippen LogP contribution is -2.42. The zero-order chi connectivity index (χ0) is 32.0. The topological polar surface area (TPSA) is 95.4 Å². The third kappa shape index (κ3) is 8.32. The van der Waals surface area contributed by atoms with Gasteiger partial charge in [-0.2, -0.15) is 0 Å². The normalized spacial score (nSPS) is 18.2. The number of benzene rings is 2. The van der Waals surface area contributed by atoms with E-state index in [0.717, 1.165) is 41.2 Å². The first-order valence-corrected chi connectivity index (χ1v) is 15.7. The van der Waals surface area contributed by atoms with E-state index in [-0.39, 0.29) is 18.4 Å². The molecule has 3 heterocycles. The molecule has 2 saturated heterocycles. The van der Waals surface area contributed by atoms with Gasteiger partial charge in [0.05, 0.1) is 38.4 Å². The number of ether oxygens (including phenoxy) is 2. The molecule has 0 radical (unpaired) electrons. The van der Waals surface area contributed by atoms with E-state index >= 15 is 0 Å². The third-order valence-corrected chi connectivity index (χ3v) is 9.41. The van der Waals surface area contributed by atoms with Crippen molar-refractivity contribution >= 4 is 16.9 Å². The van der Waals surface area contributed by atoms with Crippen LogP contribution in [-0.2, 0) is 22.5 Å². The molecule has 2 aromatic carbocycles. The van der Waals surface area contributed by atoms with Crippen LogP contribution in [0.25, 0.3) is 10.9 Å². The molecule has 2 aliphatic rings. The molecular formula is C34H42F3N3O5. The molecule has 0 saturated carbocycles. The molecule has 5 rings (SSSR count). The van der Waals surface area contributed by atoms with Crippen LogP contribution in [0.5, 0.6) is 5.75 Å². The first-order chi connectivity index (χ1) is 21.7. The van der Waals surface area contributed by atoms with Crippen LogP contribution in [0.15, 0.2) is 36.5 Å². The van der Waals surface area contributed by atoms with Crippen LogP contribution >= 0.6 is 0 Å². The average Bonchev–Trinajstić information content (AvgIpc) is 3.03. The van der Waals surface area contributed by atoms with Crippen LogP contribution < -0.4 is 4.74 Å². The van der Waals surface area contributed by atoms with Gasteiger partial charge in [-0.1, -0.05) is 0 Å². The van der Waals surface area contributed by atoms with Gasteiger partial charge in [-0.05, 0) is 105 Å². The van der Waals surface area contributed by atoms with Gasteiger partial charge in [0, 0.05) is 37.3 Å². The Labute approximate surface area is 261 Å². The van der Waals surface area contributed by atoms with Crippen LogP contribution in [0.2, 0.25) is 0 Å². The number of aromatic nitrogens is 1. The summed E-state index contributed by atoms with van der Waals surface area (Å²) in [5.41, 5.74) is 2.03. The van der Waals surface area contributed by atoms with E-state index in [2.05, 4.69) is 14.8 Å². The lowest BCUT2D eigenvalue weighted by molar-refractivity contribution is -0.141. The maximum absolute atomic E-state index is 14.1. The lowest BCUT2D eigenvalue weighted by atomic mass is 9.71. The Balaban J connectivity index is 1.27. The largest absolute Gasteiger partial charge is 0.497 e. The predicted molar refractivity (Wildman–Crippen MR) is 164 cm³/mol. The second-order valence-electron chi connectivity index (χ2n) is 12.4. The molecule has 11 heteroatoms. The van der Waals surface area contributed by atoms with E-state index in [1.165, 1.54) is 0 Å². The van der Waals surface area contributed by atoms with Crippen molar-refractivity contribution in [2.75, 3.05) is 53.0 Å². The molecule has 2 aliphatic heterocycles. The number of piperidine rings is 1. The summed E-state index contributed by atoms with van der Waals surface area (Å²) in [7, 11) is 1.60. The minimum atomic E-state index is -1.18. The van der Waals surface area contributed by atoms with E-state index in [0.29, 0.717) is 83.3 Å². The number of halogens is 3. The van der Waals surface area contributed by atoms with Crippen LogP contribution in [0.4, 0.5) is 13.2 Å². The Kier molecular flexibility index (Phi) is 11.0. The van der Waals surface area contributed by atoms with Gasteiger partial charge < -0.3 is 24.6 Å². The van der Waals surface area contributed by atoms with E-state index in [1.807, 2.05) is 24.4 Å². The first-order valence-electron chi connectivity index (χ1n) is 15.7. The van der Waals surface area contributed by atoms with Crippen LogP contribution in [0, 0.1) is 22.9 Å². The number of rotatable bonds is 13. The van der Waals surface area contributed by atoms with Crippen molar-refractivity contribution in [1.29, 1.82) is 0 Å². The molecular weight excluding hydrogens is 587 g/mol. The molecule has 0 aliphatic carbocycles. The predicted octanol–water partition coefficient (Wildman–Crippen LogP) is 5.50. The number of aryl methyl sites for hydroxylation is 1. The van der Waals surface area contributed by atoms with Gasteiger partial charge >= 0.3 is 5.97 Å². The number of carboxylic acid groups (broad SMARTS) is 1. The molecule has 1 aromatic heterocycles. The highest BCUT2D eigenvalue weighted by Crippen LogP contribution is 2.42. The van der Waals surface area contributed by atoms with Crippen molar-refractivity contribution in [2.45, 2.75) is 57.6 Å². The molecule has 2 fully saturated rings. The molecule has 2 N–H and O–H groups in total. The number of hydrogen-bond acceptors (Lipinski definition) is 7. The lowest BCUT2D eigenvalue weighted by Gasteiger charge is -2.42. The smallest absolute Gasteiger partial charge is 0.303 e. The second-order valence-corrected chi connectivity index (χ2v) is 12.4. The first kappa shape index (κ1) is 33.1. The number of pyridine rings is 1. The second kappa shape index (κ2) is 14.9. The van der Waals surface area contributed by atoms with Crippen molar-refractivity contribution < 1.29 is 37.7 Å². The van der Waals surface area contributed by atoms with Gasteiger partial charge in [0.25, 0.3) is 0 Å². The molecule has 0 bridgehead atoms. The fraction of sp³-hybridized carbons (Fsp3) is 0.529. The Hall–Kier alpha value is -3.25. The number of methoxy groups -OCH3 is 1. The molecule has 0 spiro atoms. The third-order valence-electron chi connectivity index (χ3n) is 9.41. The number of carboxylic acids is 1. The van der Waals surface area contributed by atoms with Crippen LogP contribution in [-0.4, -0.2) is 84.0 Å². The fourth-order valence-electron chi connectivity index (χ4n) is 6.84. The van der Waals surface area contributed by atoms with Crippen molar-refractivity contribution in [1.82, 2.24) is 14.8 Å². The zero-order valence-corrected chi connectivity index (χ0v) is 25.7. The number of morpholine rings is 1. The summed E-state index contributed by atoms with van der Waals surface area (Å²) in [6.07, 6.45) is 3.95. The zero-order valence-electron chi connectivity index (χ0n) is 25.7. The SMILES string of the molecule is COc1ccc2ncc(CN3CCOCC3)c([C@H](O)CCC3(CC(=O)O)CCN(CCCc4cc(F)cc(F)c4F)CC3)c2c1. The molecule has 45 heavy (non-hydrogen) atoms. The number of likely N-dealkylation sites (tertiary alicyclic amines) is 1. The number of aliphatic hydroxyl groups is 1. The highest BCUT2D eigenvalue weighted by molar-refractivity contribution is 5.85. The number of aliphatic carboxylic acids is 1. The number of nitrogens with zero attached hydrogens (tertiary/aromatic N) is 3. The summed E-state index contributed by atoms with van der Waals surface area (Å²) < 4.78 is 52.2. The Morgan fingerprint density at radius 2 is 1.82 bits per heavy atom. The number of hydrogen-bond donors (Lipinski definition) is 2. The van der Waals surface area contributed by atoms with E-state index in [1.54, 1.807) is 7.11 Å². The number of fused-ring (bicyclic) bond motifs is 1. The van der Waals surface area contributed by atoms with Crippen LogP contribution in [0.3, 0.4) is 0 Å². The molecule has 0 unspecified atom stereocenters. The maximum Gasteiger partial charge on any atom is 0.303 e. The number of carbonyl (C=O) groups is 1.